The average molecular weight is 219 g/mol. The smallest absolute Gasteiger partial charge is 0.122 e. The average Bonchev–Trinajstić information content (AvgIpc) is 2.27. The van der Waals surface area contributed by atoms with E-state index < -0.39 is 0 Å². The molecular weight excluding hydrogens is 198 g/mol. The molecule has 2 atom stereocenters. The molecule has 1 aromatic carbocycles. The van der Waals surface area contributed by atoms with Crippen LogP contribution >= 0.6 is 0 Å². The molecule has 2 heteroatoms. The molecule has 1 fully saturated rings. The Balaban J connectivity index is 2.27. The first-order valence-corrected chi connectivity index (χ1v) is 6.04. The molecule has 1 saturated carbocycles. The van der Waals surface area contributed by atoms with E-state index in [2.05, 4.69) is 32.0 Å². The minimum absolute atomic E-state index is 0.188. The highest BCUT2D eigenvalue weighted by atomic mass is 16.5. The van der Waals surface area contributed by atoms with E-state index in [0.29, 0.717) is 12.0 Å². The van der Waals surface area contributed by atoms with E-state index in [1.807, 2.05) is 13.0 Å². The lowest BCUT2D eigenvalue weighted by Gasteiger charge is -2.51. The first kappa shape index (κ1) is 11.5. The third-order valence-corrected chi connectivity index (χ3v) is 3.94. The maximum Gasteiger partial charge on any atom is 0.122 e. The van der Waals surface area contributed by atoms with Gasteiger partial charge in [0.25, 0.3) is 0 Å². The Bertz CT molecular complexity index is 373. The Hall–Kier alpha value is -1.02. The summed E-state index contributed by atoms with van der Waals surface area (Å²) in [6.07, 6.45) is 1.07. The molecular formula is C14H21NO. The van der Waals surface area contributed by atoms with E-state index in [1.54, 1.807) is 0 Å². The Kier molecular flexibility index (Phi) is 2.94. The van der Waals surface area contributed by atoms with Crippen molar-refractivity contribution < 1.29 is 4.74 Å². The molecule has 2 nitrogen and oxygen atoms in total. The molecule has 2 rings (SSSR count). The summed E-state index contributed by atoms with van der Waals surface area (Å²) in [7, 11) is 0. The summed E-state index contributed by atoms with van der Waals surface area (Å²) in [5, 5.41) is 0. The first-order valence-electron chi connectivity index (χ1n) is 6.04. The van der Waals surface area contributed by atoms with E-state index >= 15 is 0 Å². The van der Waals surface area contributed by atoms with Crippen LogP contribution in [0.3, 0.4) is 0 Å². The third-order valence-electron chi connectivity index (χ3n) is 3.94. The molecule has 0 amide bonds. The molecule has 0 aliphatic heterocycles. The van der Waals surface area contributed by atoms with Gasteiger partial charge in [0.15, 0.2) is 0 Å². The monoisotopic (exact) mass is 219 g/mol. The van der Waals surface area contributed by atoms with Crippen molar-refractivity contribution >= 4 is 0 Å². The van der Waals surface area contributed by atoms with E-state index in [0.717, 1.165) is 18.8 Å². The Morgan fingerprint density at radius 2 is 2.06 bits per heavy atom. The highest BCUT2D eigenvalue weighted by molar-refractivity contribution is 5.39. The SMILES string of the molecule is CCOc1ccccc1C1CC(N)C1(C)C. The zero-order valence-electron chi connectivity index (χ0n) is 10.4. The summed E-state index contributed by atoms with van der Waals surface area (Å²) in [6.45, 7) is 7.23. The maximum atomic E-state index is 6.07. The largest absolute Gasteiger partial charge is 0.494 e. The minimum atomic E-state index is 0.188. The van der Waals surface area contributed by atoms with Gasteiger partial charge in [-0.1, -0.05) is 32.0 Å². The van der Waals surface area contributed by atoms with Crippen molar-refractivity contribution in [1.29, 1.82) is 0 Å². The molecule has 88 valence electrons. The predicted octanol–water partition coefficient (Wildman–Crippen LogP) is 2.93. The van der Waals surface area contributed by atoms with E-state index in [-0.39, 0.29) is 5.41 Å². The van der Waals surface area contributed by atoms with Gasteiger partial charge in [-0.2, -0.15) is 0 Å². The van der Waals surface area contributed by atoms with Gasteiger partial charge >= 0.3 is 0 Å². The summed E-state index contributed by atoms with van der Waals surface area (Å²) in [6, 6.07) is 8.65. The standard InChI is InChI=1S/C14H21NO/c1-4-16-12-8-6-5-7-10(12)11-9-13(15)14(11,2)3/h5-8,11,13H,4,9,15H2,1-3H3. The van der Waals surface area contributed by atoms with Crippen LogP contribution in [0.2, 0.25) is 0 Å². The molecule has 1 aliphatic carbocycles. The summed E-state index contributed by atoms with van der Waals surface area (Å²) in [4.78, 5) is 0. The predicted molar refractivity (Wildman–Crippen MR) is 66.7 cm³/mol. The number of nitrogens with two attached hydrogens (primary N) is 1. The van der Waals surface area contributed by atoms with Gasteiger partial charge in [0.1, 0.15) is 5.75 Å². The number of ether oxygens (including phenoxy) is 1. The number of hydrogen-bond donors (Lipinski definition) is 1. The van der Waals surface area contributed by atoms with Crippen molar-refractivity contribution in [2.45, 2.75) is 39.2 Å². The molecule has 0 radical (unpaired) electrons. The van der Waals surface area contributed by atoms with Crippen LogP contribution in [0.5, 0.6) is 5.75 Å². The Morgan fingerprint density at radius 1 is 1.38 bits per heavy atom. The van der Waals surface area contributed by atoms with Crippen LogP contribution in [0.1, 0.15) is 38.7 Å². The third kappa shape index (κ3) is 1.71. The molecule has 16 heavy (non-hydrogen) atoms. The lowest BCUT2D eigenvalue weighted by Crippen LogP contribution is -2.52. The lowest BCUT2D eigenvalue weighted by molar-refractivity contribution is 0.0958. The summed E-state index contributed by atoms with van der Waals surface area (Å²) in [5.74, 6) is 1.56. The Labute approximate surface area is 97.8 Å². The van der Waals surface area contributed by atoms with Crippen LogP contribution in [0.15, 0.2) is 24.3 Å². The zero-order valence-corrected chi connectivity index (χ0v) is 10.4. The van der Waals surface area contributed by atoms with Gasteiger partial charge in [0.05, 0.1) is 6.61 Å². The topological polar surface area (TPSA) is 35.2 Å². The van der Waals surface area contributed by atoms with Crippen LogP contribution < -0.4 is 10.5 Å². The van der Waals surface area contributed by atoms with Crippen molar-refractivity contribution in [1.82, 2.24) is 0 Å². The van der Waals surface area contributed by atoms with Crippen LogP contribution in [-0.4, -0.2) is 12.6 Å². The van der Waals surface area contributed by atoms with E-state index in [9.17, 15) is 0 Å². The highest BCUT2D eigenvalue weighted by Gasteiger charge is 2.47. The molecule has 0 saturated heterocycles. The van der Waals surface area contributed by atoms with E-state index in [4.69, 9.17) is 10.5 Å². The fourth-order valence-electron chi connectivity index (χ4n) is 2.54. The number of rotatable bonds is 3. The molecule has 0 bridgehead atoms. The molecule has 1 aliphatic rings. The van der Waals surface area contributed by atoms with Crippen molar-refractivity contribution in [2.75, 3.05) is 6.61 Å². The number of benzene rings is 1. The molecule has 2 unspecified atom stereocenters. The van der Waals surface area contributed by atoms with Gasteiger partial charge in [-0.15, -0.1) is 0 Å². The normalized spacial score (nSPS) is 27.2. The van der Waals surface area contributed by atoms with Crippen molar-refractivity contribution in [3.63, 3.8) is 0 Å². The van der Waals surface area contributed by atoms with Crippen molar-refractivity contribution in [3.8, 4) is 5.75 Å². The van der Waals surface area contributed by atoms with Gasteiger partial charge in [0, 0.05) is 6.04 Å². The molecule has 2 N–H and O–H groups in total. The van der Waals surface area contributed by atoms with Gasteiger partial charge in [-0.25, -0.2) is 0 Å². The van der Waals surface area contributed by atoms with Crippen LogP contribution in [0.25, 0.3) is 0 Å². The second-order valence-electron chi connectivity index (χ2n) is 5.19. The highest BCUT2D eigenvalue weighted by Crippen LogP contribution is 2.53. The maximum absolute atomic E-state index is 6.07. The van der Waals surface area contributed by atoms with Crippen molar-refractivity contribution in [2.24, 2.45) is 11.1 Å². The fraction of sp³-hybridized carbons (Fsp3) is 0.571. The van der Waals surface area contributed by atoms with Crippen LogP contribution in [-0.2, 0) is 0 Å². The van der Waals surface area contributed by atoms with Gasteiger partial charge in [-0.05, 0) is 36.3 Å². The molecule has 0 spiro atoms. The van der Waals surface area contributed by atoms with E-state index in [1.165, 1.54) is 5.56 Å². The molecule has 0 aromatic heterocycles. The number of para-hydroxylation sites is 1. The van der Waals surface area contributed by atoms with Gasteiger partial charge < -0.3 is 10.5 Å². The van der Waals surface area contributed by atoms with Gasteiger partial charge in [-0.3, -0.25) is 0 Å². The summed E-state index contributed by atoms with van der Waals surface area (Å²) >= 11 is 0. The summed E-state index contributed by atoms with van der Waals surface area (Å²) < 4.78 is 5.68. The zero-order chi connectivity index (χ0) is 11.8. The van der Waals surface area contributed by atoms with Gasteiger partial charge in [0.2, 0.25) is 0 Å². The second kappa shape index (κ2) is 4.10. The Morgan fingerprint density at radius 3 is 2.62 bits per heavy atom. The minimum Gasteiger partial charge on any atom is -0.494 e. The van der Waals surface area contributed by atoms with Crippen LogP contribution in [0, 0.1) is 5.41 Å². The van der Waals surface area contributed by atoms with Crippen molar-refractivity contribution in [3.05, 3.63) is 29.8 Å². The first-order chi connectivity index (χ1) is 7.57. The molecule has 1 aromatic rings. The fourth-order valence-corrected chi connectivity index (χ4v) is 2.54. The lowest BCUT2D eigenvalue weighted by atomic mass is 9.56. The van der Waals surface area contributed by atoms with Crippen LogP contribution in [0.4, 0.5) is 0 Å². The number of hydrogen-bond acceptors (Lipinski definition) is 2. The second-order valence-corrected chi connectivity index (χ2v) is 5.19. The summed E-state index contributed by atoms with van der Waals surface area (Å²) in [5.41, 5.74) is 7.57. The quantitative estimate of drug-likeness (QED) is 0.848. The molecule has 0 heterocycles.